The number of aryl methyl sites for hydroxylation is 2. The molecule has 2 fully saturated rings. The van der Waals surface area contributed by atoms with Crippen LogP contribution >= 0.6 is 11.6 Å². The molecule has 0 unspecified atom stereocenters. The average Bonchev–Trinajstić information content (AvgIpc) is 3.05. The lowest BCUT2D eigenvalue weighted by molar-refractivity contribution is -0.138. The minimum atomic E-state index is -0.0204. The van der Waals surface area contributed by atoms with Gasteiger partial charge in [-0.2, -0.15) is 0 Å². The molecule has 2 aromatic rings. The number of imide groups is 1. The SMILES string of the molecule is Cc1cc(CN(C2CCC2)[C@H](C)c2ccc(Cl)cc2)ccc1CCCN1C(=O)CCC1=O. The summed E-state index contributed by atoms with van der Waals surface area (Å²) in [5.41, 5.74) is 5.23. The summed E-state index contributed by atoms with van der Waals surface area (Å²) in [5, 5.41) is 0.779. The van der Waals surface area contributed by atoms with Gasteiger partial charge in [-0.15, -0.1) is 0 Å². The Hall–Kier alpha value is -2.17. The number of amides is 2. The molecule has 2 aliphatic rings. The van der Waals surface area contributed by atoms with Crippen LogP contribution in [0.25, 0.3) is 0 Å². The van der Waals surface area contributed by atoms with Crippen LogP contribution in [0.15, 0.2) is 42.5 Å². The minimum absolute atomic E-state index is 0.0204. The van der Waals surface area contributed by atoms with Crippen molar-refractivity contribution in [2.75, 3.05) is 6.54 Å². The molecule has 4 rings (SSSR count). The van der Waals surface area contributed by atoms with E-state index >= 15 is 0 Å². The third-order valence-corrected chi connectivity index (χ3v) is 7.40. The van der Waals surface area contributed by atoms with E-state index in [0.717, 1.165) is 24.4 Å². The Morgan fingerprint density at radius 3 is 2.34 bits per heavy atom. The van der Waals surface area contributed by atoms with Gasteiger partial charge in [0, 0.05) is 43.0 Å². The quantitative estimate of drug-likeness (QED) is 0.448. The average molecular weight is 453 g/mol. The smallest absolute Gasteiger partial charge is 0.229 e. The second kappa shape index (κ2) is 10.2. The van der Waals surface area contributed by atoms with Crippen LogP contribution in [-0.4, -0.2) is 34.2 Å². The maximum Gasteiger partial charge on any atom is 0.229 e. The number of nitrogens with zero attached hydrogens (tertiary/aromatic N) is 2. The van der Waals surface area contributed by atoms with Gasteiger partial charge < -0.3 is 0 Å². The number of hydrogen-bond donors (Lipinski definition) is 0. The van der Waals surface area contributed by atoms with Crippen molar-refractivity contribution in [1.82, 2.24) is 9.80 Å². The van der Waals surface area contributed by atoms with Crippen molar-refractivity contribution >= 4 is 23.4 Å². The van der Waals surface area contributed by atoms with Crippen LogP contribution in [-0.2, 0) is 22.6 Å². The van der Waals surface area contributed by atoms with Crippen molar-refractivity contribution in [3.8, 4) is 0 Å². The first-order chi connectivity index (χ1) is 15.4. The lowest BCUT2D eigenvalue weighted by atomic mass is 9.88. The van der Waals surface area contributed by atoms with Gasteiger partial charge in [0.2, 0.25) is 11.8 Å². The Kier molecular flexibility index (Phi) is 7.32. The molecule has 2 aromatic carbocycles. The Morgan fingerprint density at radius 1 is 1.06 bits per heavy atom. The fraction of sp³-hybridized carbons (Fsp3) is 0.481. The summed E-state index contributed by atoms with van der Waals surface area (Å²) in [6.45, 7) is 5.93. The highest BCUT2D eigenvalue weighted by Crippen LogP contribution is 2.34. The first-order valence-corrected chi connectivity index (χ1v) is 12.2. The number of halogens is 1. The zero-order chi connectivity index (χ0) is 22.7. The molecular weight excluding hydrogens is 420 g/mol. The summed E-state index contributed by atoms with van der Waals surface area (Å²) in [4.78, 5) is 27.6. The van der Waals surface area contributed by atoms with Crippen LogP contribution in [0.2, 0.25) is 5.02 Å². The van der Waals surface area contributed by atoms with Gasteiger partial charge in [-0.1, -0.05) is 48.4 Å². The largest absolute Gasteiger partial charge is 0.289 e. The third-order valence-electron chi connectivity index (χ3n) is 7.15. The highest BCUT2D eigenvalue weighted by molar-refractivity contribution is 6.30. The Bertz CT molecular complexity index is 952. The number of rotatable bonds is 9. The normalized spacial score (nSPS) is 17.8. The second-order valence-corrected chi connectivity index (χ2v) is 9.72. The molecule has 1 atom stereocenters. The van der Waals surface area contributed by atoms with Crippen LogP contribution in [0.4, 0.5) is 0 Å². The van der Waals surface area contributed by atoms with Gasteiger partial charge in [-0.3, -0.25) is 19.4 Å². The summed E-state index contributed by atoms with van der Waals surface area (Å²) in [5.74, 6) is -0.0408. The van der Waals surface area contributed by atoms with Gasteiger partial charge in [-0.05, 0) is 73.9 Å². The second-order valence-electron chi connectivity index (χ2n) is 9.29. The molecule has 1 saturated heterocycles. The van der Waals surface area contributed by atoms with Gasteiger partial charge in [0.1, 0.15) is 0 Å². The van der Waals surface area contributed by atoms with E-state index in [0.29, 0.717) is 31.5 Å². The molecule has 5 heteroatoms. The monoisotopic (exact) mass is 452 g/mol. The van der Waals surface area contributed by atoms with Crippen LogP contribution in [0.3, 0.4) is 0 Å². The Balaban J connectivity index is 1.39. The summed E-state index contributed by atoms with van der Waals surface area (Å²) in [6, 6.07) is 16.0. The summed E-state index contributed by atoms with van der Waals surface area (Å²) >= 11 is 6.10. The van der Waals surface area contributed by atoms with Gasteiger partial charge in [-0.25, -0.2) is 0 Å². The summed E-state index contributed by atoms with van der Waals surface area (Å²) in [7, 11) is 0. The molecule has 170 valence electrons. The van der Waals surface area contributed by atoms with Crippen molar-refractivity contribution in [2.45, 2.75) is 77.4 Å². The summed E-state index contributed by atoms with van der Waals surface area (Å²) < 4.78 is 0. The Morgan fingerprint density at radius 2 is 1.75 bits per heavy atom. The number of hydrogen-bond acceptors (Lipinski definition) is 3. The lowest BCUT2D eigenvalue weighted by Gasteiger charge is -2.41. The van der Waals surface area contributed by atoms with Crippen molar-refractivity contribution < 1.29 is 9.59 Å². The topological polar surface area (TPSA) is 40.6 Å². The molecule has 2 amide bonds. The van der Waals surface area contributed by atoms with E-state index in [1.54, 1.807) is 0 Å². The number of benzene rings is 2. The van der Waals surface area contributed by atoms with Gasteiger partial charge in [0.05, 0.1) is 0 Å². The van der Waals surface area contributed by atoms with Crippen LogP contribution < -0.4 is 0 Å². The predicted molar refractivity (Wildman–Crippen MR) is 129 cm³/mol. The zero-order valence-electron chi connectivity index (χ0n) is 19.1. The zero-order valence-corrected chi connectivity index (χ0v) is 19.9. The van der Waals surface area contributed by atoms with Crippen molar-refractivity contribution in [3.63, 3.8) is 0 Å². The van der Waals surface area contributed by atoms with Crippen LogP contribution in [0.1, 0.15) is 73.7 Å². The lowest BCUT2D eigenvalue weighted by Crippen LogP contribution is -2.41. The fourth-order valence-corrected chi connectivity index (χ4v) is 5.01. The van der Waals surface area contributed by atoms with Gasteiger partial charge in [0.25, 0.3) is 0 Å². The molecule has 0 radical (unpaired) electrons. The first kappa shape index (κ1) is 23.0. The molecule has 1 saturated carbocycles. The highest BCUT2D eigenvalue weighted by Gasteiger charge is 2.30. The Labute approximate surface area is 196 Å². The van der Waals surface area contributed by atoms with Gasteiger partial charge in [0.15, 0.2) is 0 Å². The maximum atomic E-state index is 11.8. The molecule has 0 N–H and O–H groups in total. The van der Waals surface area contributed by atoms with E-state index in [9.17, 15) is 9.59 Å². The molecule has 0 spiro atoms. The molecule has 0 bridgehead atoms. The first-order valence-electron chi connectivity index (χ1n) is 11.8. The van der Waals surface area contributed by atoms with Crippen molar-refractivity contribution in [2.24, 2.45) is 0 Å². The third kappa shape index (κ3) is 5.24. The van der Waals surface area contributed by atoms with E-state index in [1.165, 1.54) is 46.4 Å². The molecule has 0 aromatic heterocycles. The number of carbonyl (C=O) groups is 2. The number of likely N-dealkylation sites (tertiary alicyclic amines) is 1. The van der Waals surface area contributed by atoms with E-state index in [-0.39, 0.29) is 11.8 Å². The molecule has 1 aliphatic carbocycles. The maximum absolute atomic E-state index is 11.8. The van der Waals surface area contributed by atoms with Crippen molar-refractivity contribution in [1.29, 1.82) is 0 Å². The van der Waals surface area contributed by atoms with E-state index in [1.807, 2.05) is 12.1 Å². The van der Waals surface area contributed by atoms with Crippen LogP contribution in [0.5, 0.6) is 0 Å². The molecule has 1 aliphatic heterocycles. The molecule has 4 nitrogen and oxygen atoms in total. The molecule has 32 heavy (non-hydrogen) atoms. The summed E-state index contributed by atoms with van der Waals surface area (Å²) in [6.07, 6.45) is 6.30. The van der Waals surface area contributed by atoms with Crippen LogP contribution in [0, 0.1) is 6.92 Å². The van der Waals surface area contributed by atoms with Crippen molar-refractivity contribution in [3.05, 3.63) is 69.7 Å². The number of carbonyl (C=O) groups excluding carboxylic acids is 2. The molecular formula is C27H33ClN2O2. The standard InChI is InChI=1S/C27H33ClN2O2/c1-19-17-21(8-9-22(19)5-4-16-29-26(31)14-15-27(29)32)18-30(25-6-3-7-25)20(2)23-10-12-24(28)13-11-23/h8-13,17,20,25H,3-7,14-16,18H2,1-2H3/t20-/m1/s1. The fourth-order valence-electron chi connectivity index (χ4n) is 4.88. The highest BCUT2D eigenvalue weighted by atomic mass is 35.5. The molecule has 1 heterocycles. The van der Waals surface area contributed by atoms with E-state index in [2.05, 4.69) is 49.1 Å². The van der Waals surface area contributed by atoms with E-state index in [4.69, 9.17) is 11.6 Å². The van der Waals surface area contributed by atoms with E-state index < -0.39 is 0 Å². The minimum Gasteiger partial charge on any atom is -0.289 e. The predicted octanol–water partition coefficient (Wildman–Crippen LogP) is 5.85. The van der Waals surface area contributed by atoms with Gasteiger partial charge >= 0.3 is 0 Å².